The number of hydrogen-bond donors (Lipinski definition) is 1. The van der Waals surface area contributed by atoms with Crippen LogP contribution in [0.2, 0.25) is 0 Å². The lowest BCUT2D eigenvalue weighted by Crippen LogP contribution is -2.37. The van der Waals surface area contributed by atoms with Crippen LogP contribution in [0.25, 0.3) is 0 Å². The number of rotatable bonds is 4. The van der Waals surface area contributed by atoms with Crippen molar-refractivity contribution in [1.82, 2.24) is 5.32 Å². The molecule has 0 saturated carbocycles. The van der Waals surface area contributed by atoms with Gasteiger partial charge in [-0.05, 0) is 64.8 Å². The Balaban J connectivity index is 2.10. The highest BCUT2D eigenvalue weighted by Gasteiger charge is 2.20. The van der Waals surface area contributed by atoms with E-state index in [1.54, 1.807) is 0 Å². The fourth-order valence-corrected chi connectivity index (χ4v) is 2.79. The molecule has 1 N–H and O–H groups in total. The number of piperidine rings is 1. The molecule has 1 aromatic carbocycles. The van der Waals surface area contributed by atoms with Crippen molar-refractivity contribution < 1.29 is 4.74 Å². The van der Waals surface area contributed by atoms with Crippen molar-refractivity contribution in [2.75, 3.05) is 13.1 Å². The van der Waals surface area contributed by atoms with Crippen LogP contribution in [0.5, 0.6) is 5.75 Å². The standard InChI is InChI=1S/C16H24BrNO/c1-4-16(2,3)12-7-8-15(14(17)10-12)19-13-6-5-9-18-11-13/h7-8,10,13,18H,4-6,9,11H2,1-3H3/t13-/m0/s1. The first kappa shape index (κ1) is 14.9. The van der Waals surface area contributed by atoms with E-state index < -0.39 is 0 Å². The third-order valence-electron chi connectivity index (χ3n) is 4.14. The topological polar surface area (TPSA) is 21.3 Å². The third-order valence-corrected chi connectivity index (χ3v) is 4.76. The van der Waals surface area contributed by atoms with E-state index in [-0.39, 0.29) is 5.41 Å². The molecule has 1 aromatic rings. The number of nitrogens with one attached hydrogen (secondary N) is 1. The van der Waals surface area contributed by atoms with Crippen LogP contribution in [0.4, 0.5) is 0 Å². The third kappa shape index (κ3) is 3.73. The normalized spacial score (nSPS) is 20.3. The highest BCUT2D eigenvalue weighted by Crippen LogP contribution is 2.34. The van der Waals surface area contributed by atoms with Crippen molar-refractivity contribution in [3.05, 3.63) is 28.2 Å². The van der Waals surface area contributed by atoms with Gasteiger partial charge in [0.1, 0.15) is 11.9 Å². The lowest BCUT2D eigenvalue weighted by atomic mass is 9.82. The summed E-state index contributed by atoms with van der Waals surface area (Å²) in [6, 6.07) is 6.50. The van der Waals surface area contributed by atoms with Gasteiger partial charge < -0.3 is 10.1 Å². The Kier molecular flexibility index (Phi) is 4.91. The fraction of sp³-hybridized carbons (Fsp3) is 0.625. The highest BCUT2D eigenvalue weighted by molar-refractivity contribution is 9.10. The lowest BCUT2D eigenvalue weighted by Gasteiger charge is -2.26. The number of ether oxygens (including phenoxy) is 1. The minimum Gasteiger partial charge on any atom is -0.488 e. The smallest absolute Gasteiger partial charge is 0.133 e. The average Bonchev–Trinajstić information content (AvgIpc) is 2.42. The molecule has 1 aliphatic heterocycles. The molecule has 0 spiro atoms. The average molecular weight is 326 g/mol. The van der Waals surface area contributed by atoms with Gasteiger partial charge in [0.05, 0.1) is 4.47 Å². The zero-order valence-electron chi connectivity index (χ0n) is 12.1. The van der Waals surface area contributed by atoms with Crippen molar-refractivity contribution in [1.29, 1.82) is 0 Å². The molecule has 0 aliphatic carbocycles. The van der Waals surface area contributed by atoms with Crippen molar-refractivity contribution >= 4 is 15.9 Å². The van der Waals surface area contributed by atoms with Gasteiger partial charge in [-0.3, -0.25) is 0 Å². The van der Waals surface area contributed by atoms with E-state index in [1.165, 1.54) is 12.0 Å². The van der Waals surface area contributed by atoms with Crippen LogP contribution in [0.15, 0.2) is 22.7 Å². The fourth-order valence-electron chi connectivity index (χ4n) is 2.32. The Labute approximate surface area is 125 Å². The Bertz CT molecular complexity index is 425. The first-order chi connectivity index (χ1) is 9.03. The van der Waals surface area contributed by atoms with Crippen LogP contribution >= 0.6 is 15.9 Å². The molecule has 1 atom stereocenters. The summed E-state index contributed by atoms with van der Waals surface area (Å²) < 4.78 is 7.14. The Hall–Kier alpha value is -0.540. The molecule has 3 heteroatoms. The Morgan fingerprint density at radius 3 is 2.79 bits per heavy atom. The van der Waals surface area contributed by atoms with Crippen LogP contribution in [0, 0.1) is 0 Å². The molecule has 1 aliphatic rings. The molecule has 0 aromatic heterocycles. The van der Waals surface area contributed by atoms with Crippen molar-refractivity contribution in [3.63, 3.8) is 0 Å². The predicted octanol–water partition coefficient (Wildman–Crippen LogP) is 4.27. The minimum absolute atomic E-state index is 0.216. The Morgan fingerprint density at radius 2 is 2.21 bits per heavy atom. The molecule has 1 fully saturated rings. The van der Waals surface area contributed by atoms with Gasteiger partial charge in [-0.25, -0.2) is 0 Å². The number of halogens is 1. The van der Waals surface area contributed by atoms with Crippen LogP contribution in [0.1, 0.15) is 45.6 Å². The molecule has 0 bridgehead atoms. The van der Waals surface area contributed by atoms with Crippen molar-refractivity contribution in [2.24, 2.45) is 0 Å². The maximum Gasteiger partial charge on any atom is 0.133 e. The summed E-state index contributed by atoms with van der Waals surface area (Å²) in [6.07, 6.45) is 3.77. The maximum absolute atomic E-state index is 6.08. The van der Waals surface area contributed by atoms with E-state index in [4.69, 9.17) is 4.74 Å². The van der Waals surface area contributed by atoms with Crippen LogP contribution in [-0.4, -0.2) is 19.2 Å². The molecule has 1 saturated heterocycles. The molecular formula is C16H24BrNO. The summed E-state index contributed by atoms with van der Waals surface area (Å²) in [5.41, 5.74) is 1.57. The van der Waals surface area contributed by atoms with E-state index in [9.17, 15) is 0 Å². The summed E-state index contributed by atoms with van der Waals surface area (Å²) in [6.45, 7) is 8.85. The van der Waals surface area contributed by atoms with E-state index in [0.717, 1.165) is 36.2 Å². The molecular weight excluding hydrogens is 302 g/mol. The molecule has 2 rings (SSSR count). The second kappa shape index (κ2) is 6.27. The molecule has 19 heavy (non-hydrogen) atoms. The molecule has 1 heterocycles. The van der Waals surface area contributed by atoms with Crippen molar-refractivity contribution in [3.8, 4) is 5.75 Å². The summed E-state index contributed by atoms with van der Waals surface area (Å²) in [7, 11) is 0. The highest BCUT2D eigenvalue weighted by atomic mass is 79.9. The first-order valence-corrected chi connectivity index (χ1v) is 7.99. The van der Waals surface area contributed by atoms with E-state index in [0.29, 0.717) is 6.10 Å². The molecule has 106 valence electrons. The van der Waals surface area contributed by atoms with Gasteiger partial charge in [0.25, 0.3) is 0 Å². The van der Waals surface area contributed by atoms with Gasteiger partial charge in [0.2, 0.25) is 0 Å². The first-order valence-electron chi connectivity index (χ1n) is 7.20. The molecule has 0 unspecified atom stereocenters. The zero-order valence-corrected chi connectivity index (χ0v) is 13.7. The second-order valence-electron chi connectivity index (χ2n) is 5.97. The largest absolute Gasteiger partial charge is 0.488 e. The monoisotopic (exact) mass is 325 g/mol. The van der Waals surface area contributed by atoms with Gasteiger partial charge in [0, 0.05) is 6.54 Å². The summed E-state index contributed by atoms with van der Waals surface area (Å²) in [5.74, 6) is 0.962. The predicted molar refractivity (Wildman–Crippen MR) is 84.0 cm³/mol. The SMILES string of the molecule is CCC(C)(C)c1ccc(O[C@H]2CCCNC2)c(Br)c1. The summed E-state index contributed by atoms with van der Waals surface area (Å²) in [5, 5.41) is 3.38. The Morgan fingerprint density at radius 1 is 1.42 bits per heavy atom. The van der Waals surface area contributed by atoms with Crippen LogP contribution in [0.3, 0.4) is 0 Å². The zero-order chi connectivity index (χ0) is 13.9. The van der Waals surface area contributed by atoms with Gasteiger partial charge in [-0.2, -0.15) is 0 Å². The summed E-state index contributed by atoms with van der Waals surface area (Å²) in [4.78, 5) is 0. The number of benzene rings is 1. The van der Waals surface area contributed by atoms with Crippen molar-refractivity contribution in [2.45, 2.75) is 51.6 Å². The van der Waals surface area contributed by atoms with Gasteiger partial charge >= 0.3 is 0 Å². The van der Waals surface area contributed by atoms with Gasteiger partial charge in [0.15, 0.2) is 0 Å². The van der Waals surface area contributed by atoms with E-state index in [1.807, 2.05) is 0 Å². The second-order valence-corrected chi connectivity index (χ2v) is 6.82. The lowest BCUT2D eigenvalue weighted by molar-refractivity contribution is 0.166. The molecule has 2 nitrogen and oxygen atoms in total. The summed E-state index contributed by atoms with van der Waals surface area (Å²) >= 11 is 3.65. The molecule has 0 amide bonds. The van der Waals surface area contributed by atoms with Gasteiger partial charge in [-0.15, -0.1) is 0 Å². The van der Waals surface area contributed by atoms with Crippen LogP contribution < -0.4 is 10.1 Å². The van der Waals surface area contributed by atoms with E-state index in [2.05, 4.69) is 60.2 Å². The van der Waals surface area contributed by atoms with E-state index >= 15 is 0 Å². The maximum atomic E-state index is 6.08. The quantitative estimate of drug-likeness (QED) is 0.892. The van der Waals surface area contributed by atoms with Gasteiger partial charge in [-0.1, -0.05) is 26.8 Å². The van der Waals surface area contributed by atoms with Crippen LogP contribution in [-0.2, 0) is 5.41 Å². The molecule has 0 radical (unpaired) electrons. The minimum atomic E-state index is 0.216. The number of hydrogen-bond acceptors (Lipinski definition) is 2.